The quantitative estimate of drug-likeness (QED) is 0.697. The second kappa shape index (κ2) is 5.12. The van der Waals surface area contributed by atoms with E-state index >= 15 is 0 Å². The first kappa shape index (κ1) is 11.1. The van der Waals surface area contributed by atoms with E-state index in [-0.39, 0.29) is 0 Å². The predicted octanol–water partition coefficient (Wildman–Crippen LogP) is 3.36. The lowest BCUT2D eigenvalue weighted by molar-refractivity contribution is 0.461. The van der Waals surface area contributed by atoms with Gasteiger partial charge in [0, 0.05) is 13.7 Å². The van der Waals surface area contributed by atoms with Gasteiger partial charge in [-0.25, -0.2) is 0 Å². The van der Waals surface area contributed by atoms with Gasteiger partial charge < -0.3 is 5.32 Å². The maximum Gasteiger partial charge on any atom is 0.0143 e. The summed E-state index contributed by atoms with van der Waals surface area (Å²) in [7, 11) is 0. The van der Waals surface area contributed by atoms with E-state index in [1.165, 1.54) is 32.1 Å². The van der Waals surface area contributed by atoms with Crippen molar-refractivity contribution in [3.05, 3.63) is 30.9 Å². The summed E-state index contributed by atoms with van der Waals surface area (Å²) in [6, 6.07) is 6.86. The van der Waals surface area contributed by atoms with E-state index in [9.17, 15) is 0 Å². The van der Waals surface area contributed by atoms with Crippen LogP contribution in [0.2, 0.25) is 0 Å². The molecule has 1 fully saturated rings. The molecule has 1 saturated heterocycles. The van der Waals surface area contributed by atoms with Crippen molar-refractivity contribution < 1.29 is 0 Å². The Kier molecular flexibility index (Phi) is 4.07. The molecular weight excluding hydrogens is 400 g/mol. The Morgan fingerprint density at radius 3 is 2.43 bits per heavy atom. The summed E-state index contributed by atoms with van der Waals surface area (Å²) in [5, 5.41) is 3.47. The molecule has 1 nitrogen and oxygen atoms in total. The van der Waals surface area contributed by atoms with Gasteiger partial charge in [0.05, 0.1) is 0 Å². The fourth-order valence-electron chi connectivity index (χ4n) is 1.95. The molecule has 1 unspecified atom stereocenters. The van der Waals surface area contributed by atoms with E-state index in [0.717, 1.165) is 12.5 Å². The number of piperidine rings is 1. The zero-order valence-corrected chi connectivity index (χ0v) is 12.2. The first-order valence-corrected chi connectivity index (χ1v) is 7.08. The lowest BCUT2D eigenvalue weighted by Crippen LogP contribution is -2.28. The fraction of sp³-hybridized carbons (Fsp3) is 0.455. The molecule has 0 saturated carbocycles. The third-order valence-electron chi connectivity index (χ3n) is 2.65. The van der Waals surface area contributed by atoms with Gasteiger partial charge in [0.1, 0.15) is 0 Å². The van der Waals surface area contributed by atoms with Crippen LogP contribution >= 0.6 is 45.2 Å². The first-order chi connectivity index (χ1) is 6.75. The molecule has 0 bridgehead atoms. The minimum Gasteiger partial charge on any atom is -0.316 e. The summed E-state index contributed by atoms with van der Waals surface area (Å²) in [6.45, 7) is 2.34. The average molecular weight is 413 g/mol. The monoisotopic (exact) mass is 413 g/mol. The van der Waals surface area contributed by atoms with Gasteiger partial charge in [-0.15, -0.1) is 0 Å². The number of nitrogens with one attached hydrogen (secondary N) is 1. The van der Waals surface area contributed by atoms with E-state index in [0.29, 0.717) is 0 Å². The third-order valence-corrected chi connectivity index (χ3v) is 3.90. The summed E-state index contributed by atoms with van der Waals surface area (Å²) < 4.78 is 2.71. The molecule has 14 heavy (non-hydrogen) atoms. The van der Waals surface area contributed by atoms with Crippen molar-refractivity contribution in [1.29, 1.82) is 0 Å². The highest BCUT2D eigenvalue weighted by Crippen LogP contribution is 2.26. The molecule has 0 radical (unpaired) electrons. The number of halogens is 2. The van der Waals surface area contributed by atoms with Gasteiger partial charge in [-0.05, 0) is 94.2 Å². The van der Waals surface area contributed by atoms with Crippen LogP contribution in [0.4, 0.5) is 0 Å². The maximum atomic E-state index is 3.47. The minimum atomic E-state index is 0.729. The highest BCUT2D eigenvalue weighted by atomic mass is 127. The molecule has 1 atom stereocenters. The summed E-state index contributed by atoms with van der Waals surface area (Å²) in [5.74, 6) is 0.729. The molecule has 1 aromatic rings. The molecule has 1 N–H and O–H groups in total. The SMILES string of the molecule is Ic1cc(I)cc(C2CCCNC2)c1. The Morgan fingerprint density at radius 2 is 1.86 bits per heavy atom. The van der Waals surface area contributed by atoms with Crippen LogP contribution in [0.25, 0.3) is 0 Å². The largest absolute Gasteiger partial charge is 0.316 e. The van der Waals surface area contributed by atoms with Gasteiger partial charge in [-0.2, -0.15) is 0 Å². The van der Waals surface area contributed by atoms with Gasteiger partial charge in [-0.1, -0.05) is 0 Å². The van der Waals surface area contributed by atoms with Crippen molar-refractivity contribution in [2.24, 2.45) is 0 Å². The van der Waals surface area contributed by atoms with E-state index in [2.05, 4.69) is 68.7 Å². The molecule has 0 amide bonds. The summed E-state index contributed by atoms with van der Waals surface area (Å²) in [4.78, 5) is 0. The van der Waals surface area contributed by atoms with E-state index in [1.807, 2.05) is 0 Å². The summed E-state index contributed by atoms with van der Waals surface area (Å²) in [6.07, 6.45) is 2.65. The first-order valence-electron chi connectivity index (χ1n) is 4.92. The number of benzene rings is 1. The number of rotatable bonds is 1. The second-order valence-electron chi connectivity index (χ2n) is 3.75. The van der Waals surface area contributed by atoms with Gasteiger partial charge in [0.25, 0.3) is 0 Å². The second-order valence-corrected chi connectivity index (χ2v) is 6.24. The molecule has 0 aliphatic carbocycles. The Morgan fingerprint density at radius 1 is 1.14 bits per heavy atom. The fourth-order valence-corrected chi connectivity index (χ4v) is 3.93. The maximum absolute atomic E-state index is 3.47. The zero-order valence-electron chi connectivity index (χ0n) is 7.89. The number of hydrogen-bond acceptors (Lipinski definition) is 1. The smallest absolute Gasteiger partial charge is 0.0143 e. The van der Waals surface area contributed by atoms with Crippen LogP contribution in [0.5, 0.6) is 0 Å². The molecule has 0 spiro atoms. The highest BCUT2D eigenvalue weighted by Gasteiger charge is 2.15. The van der Waals surface area contributed by atoms with Crippen LogP contribution in [0.1, 0.15) is 24.3 Å². The zero-order chi connectivity index (χ0) is 9.97. The van der Waals surface area contributed by atoms with Crippen LogP contribution in [0, 0.1) is 7.14 Å². The third kappa shape index (κ3) is 2.82. The molecule has 1 aliphatic rings. The van der Waals surface area contributed by atoms with E-state index in [1.54, 1.807) is 0 Å². The molecule has 3 heteroatoms. The topological polar surface area (TPSA) is 12.0 Å². The summed E-state index contributed by atoms with van der Waals surface area (Å²) in [5.41, 5.74) is 1.51. The molecule has 1 heterocycles. The minimum absolute atomic E-state index is 0.729. The van der Waals surface area contributed by atoms with Crippen molar-refractivity contribution in [2.75, 3.05) is 13.1 Å². The average Bonchev–Trinajstić information content (AvgIpc) is 2.18. The Bertz CT molecular complexity index is 299. The summed E-state index contributed by atoms with van der Waals surface area (Å²) >= 11 is 4.80. The van der Waals surface area contributed by atoms with Gasteiger partial charge in [0.2, 0.25) is 0 Å². The predicted molar refractivity (Wildman–Crippen MR) is 76.7 cm³/mol. The van der Waals surface area contributed by atoms with E-state index in [4.69, 9.17) is 0 Å². The van der Waals surface area contributed by atoms with Crippen molar-refractivity contribution in [3.8, 4) is 0 Å². The van der Waals surface area contributed by atoms with Gasteiger partial charge in [0.15, 0.2) is 0 Å². The highest BCUT2D eigenvalue weighted by molar-refractivity contribution is 14.1. The lowest BCUT2D eigenvalue weighted by Gasteiger charge is -2.23. The Hall–Kier alpha value is 0.640. The lowest BCUT2D eigenvalue weighted by atomic mass is 9.92. The van der Waals surface area contributed by atoms with Gasteiger partial charge >= 0.3 is 0 Å². The van der Waals surface area contributed by atoms with Crippen LogP contribution in [0.3, 0.4) is 0 Å². The van der Waals surface area contributed by atoms with Crippen molar-refractivity contribution in [2.45, 2.75) is 18.8 Å². The molecule has 76 valence electrons. The van der Waals surface area contributed by atoms with Crippen LogP contribution < -0.4 is 5.32 Å². The molecule has 0 aromatic heterocycles. The molecular formula is C11H13I2N. The van der Waals surface area contributed by atoms with Crippen molar-refractivity contribution in [3.63, 3.8) is 0 Å². The van der Waals surface area contributed by atoms with Crippen LogP contribution in [-0.4, -0.2) is 13.1 Å². The van der Waals surface area contributed by atoms with Crippen LogP contribution in [-0.2, 0) is 0 Å². The van der Waals surface area contributed by atoms with Gasteiger partial charge in [-0.3, -0.25) is 0 Å². The molecule has 1 aromatic carbocycles. The Labute approximate surface area is 112 Å². The normalized spacial score (nSPS) is 22.3. The van der Waals surface area contributed by atoms with Crippen molar-refractivity contribution >= 4 is 45.2 Å². The van der Waals surface area contributed by atoms with Crippen molar-refractivity contribution in [1.82, 2.24) is 5.32 Å². The molecule has 1 aliphatic heterocycles. The van der Waals surface area contributed by atoms with Crippen LogP contribution in [0.15, 0.2) is 18.2 Å². The van der Waals surface area contributed by atoms with E-state index < -0.39 is 0 Å². The number of hydrogen-bond donors (Lipinski definition) is 1. The molecule has 2 rings (SSSR count). The standard InChI is InChI=1S/C11H13I2N/c12-10-4-9(5-11(13)6-10)8-2-1-3-14-7-8/h4-6,8,14H,1-3,7H2. The Balaban J connectivity index is 2.21.